The summed E-state index contributed by atoms with van der Waals surface area (Å²) >= 11 is 6.15. The summed E-state index contributed by atoms with van der Waals surface area (Å²) in [5.74, 6) is 0.587. The number of hydrogen-bond donors (Lipinski definition) is 1. The van der Waals surface area contributed by atoms with Crippen molar-refractivity contribution in [3.8, 4) is 0 Å². The van der Waals surface area contributed by atoms with Crippen LogP contribution >= 0.6 is 11.6 Å². The van der Waals surface area contributed by atoms with E-state index in [2.05, 4.69) is 43.1 Å². The molecule has 0 saturated heterocycles. The lowest BCUT2D eigenvalue weighted by Crippen LogP contribution is -2.31. The van der Waals surface area contributed by atoms with Crippen LogP contribution in [-0.4, -0.2) is 25.7 Å². The predicted octanol–water partition coefficient (Wildman–Crippen LogP) is 3.65. The smallest absolute Gasteiger partial charge is 0.0410 e. The molecule has 2 rings (SSSR count). The molecule has 0 amide bonds. The van der Waals surface area contributed by atoms with Crippen molar-refractivity contribution in [3.63, 3.8) is 0 Å². The van der Waals surface area contributed by atoms with Crippen LogP contribution in [0.1, 0.15) is 38.7 Å². The van der Waals surface area contributed by atoms with Gasteiger partial charge in [0.2, 0.25) is 0 Å². The zero-order valence-electron chi connectivity index (χ0n) is 11.7. The van der Waals surface area contributed by atoms with Gasteiger partial charge in [-0.05, 0) is 58.0 Å². The second-order valence-corrected chi connectivity index (χ2v) is 6.01. The highest BCUT2D eigenvalue weighted by atomic mass is 35.5. The van der Waals surface area contributed by atoms with Crippen molar-refractivity contribution in [1.82, 2.24) is 5.32 Å². The third-order valence-corrected chi connectivity index (χ3v) is 4.15. The van der Waals surface area contributed by atoms with Crippen molar-refractivity contribution < 1.29 is 0 Å². The summed E-state index contributed by atoms with van der Waals surface area (Å²) in [7, 11) is 2.03. The quantitative estimate of drug-likeness (QED) is 0.895. The Morgan fingerprint density at radius 1 is 1.39 bits per heavy atom. The zero-order chi connectivity index (χ0) is 13.3. The summed E-state index contributed by atoms with van der Waals surface area (Å²) in [6, 6.07) is 7.39. The van der Waals surface area contributed by atoms with Crippen molar-refractivity contribution in [1.29, 1.82) is 0 Å². The molecule has 1 aromatic rings. The minimum absolute atomic E-state index is 0.536. The molecular formula is C15H23ClN2. The number of hydrogen-bond acceptors (Lipinski definition) is 2. The van der Waals surface area contributed by atoms with E-state index in [0.29, 0.717) is 18.0 Å². The van der Waals surface area contributed by atoms with E-state index in [1.165, 1.54) is 11.3 Å². The molecule has 1 aromatic carbocycles. The van der Waals surface area contributed by atoms with Crippen LogP contribution in [0.25, 0.3) is 0 Å². The summed E-state index contributed by atoms with van der Waals surface area (Å²) < 4.78 is 0. The fraction of sp³-hybridized carbons (Fsp3) is 0.600. The van der Waals surface area contributed by atoms with E-state index in [1.807, 2.05) is 13.1 Å². The first-order chi connectivity index (χ1) is 8.52. The van der Waals surface area contributed by atoms with Crippen LogP contribution in [0.2, 0.25) is 5.02 Å². The first-order valence-corrected chi connectivity index (χ1v) is 7.14. The topological polar surface area (TPSA) is 15.3 Å². The second kappa shape index (κ2) is 5.50. The molecule has 3 heteroatoms. The highest BCUT2D eigenvalue weighted by Gasteiger charge is 2.30. The molecule has 1 heterocycles. The minimum atomic E-state index is 0.536. The highest BCUT2D eigenvalue weighted by molar-refractivity contribution is 6.30. The van der Waals surface area contributed by atoms with Crippen LogP contribution in [0.15, 0.2) is 18.2 Å². The molecule has 100 valence electrons. The van der Waals surface area contributed by atoms with Gasteiger partial charge >= 0.3 is 0 Å². The Morgan fingerprint density at radius 3 is 2.72 bits per heavy atom. The zero-order valence-corrected chi connectivity index (χ0v) is 12.5. The van der Waals surface area contributed by atoms with Gasteiger partial charge in [0.05, 0.1) is 0 Å². The Balaban J connectivity index is 2.29. The number of anilines is 1. The van der Waals surface area contributed by atoms with E-state index >= 15 is 0 Å². The summed E-state index contributed by atoms with van der Waals surface area (Å²) in [4.78, 5) is 2.48. The summed E-state index contributed by atoms with van der Waals surface area (Å²) in [6.45, 7) is 7.85. The molecule has 0 radical (unpaired) electrons. The van der Waals surface area contributed by atoms with Crippen molar-refractivity contribution in [2.75, 3.05) is 18.5 Å². The van der Waals surface area contributed by atoms with Crippen LogP contribution in [-0.2, 0) is 0 Å². The Morgan fingerprint density at radius 2 is 2.11 bits per heavy atom. The van der Waals surface area contributed by atoms with E-state index < -0.39 is 0 Å². The number of nitrogens with one attached hydrogen (secondary N) is 1. The molecule has 0 aliphatic carbocycles. The maximum atomic E-state index is 6.15. The van der Waals surface area contributed by atoms with Gasteiger partial charge in [-0.2, -0.15) is 0 Å². The van der Waals surface area contributed by atoms with Crippen LogP contribution < -0.4 is 10.2 Å². The Kier molecular flexibility index (Phi) is 4.18. The molecule has 0 bridgehead atoms. The van der Waals surface area contributed by atoms with Crippen molar-refractivity contribution >= 4 is 17.3 Å². The van der Waals surface area contributed by atoms with Crippen molar-refractivity contribution in [2.45, 2.75) is 45.2 Å². The number of rotatable bonds is 4. The minimum Gasteiger partial charge on any atom is -0.368 e. The summed E-state index contributed by atoms with van der Waals surface area (Å²) in [6.07, 6.45) is 1.16. The van der Waals surface area contributed by atoms with Gasteiger partial charge < -0.3 is 10.2 Å². The summed E-state index contributed by atoms with van der Waals surface area (Å²) in [5, 5.41) is 4.18. The van der Waals surface area contributed by atoms with Gasteiger partial charge in [0.15, 0.2) is 0 Å². The number of benzene rings is 1. The Bertz CT molecular complexity index is 417. The highest BCUT2D eigenvalue weighted by Crippen LogP contribution is 2.41. The van der Waals surface area contributed by atoms with Gasteiger partial charge in [0, 0.05) is 35.3 Å². The Hall–Kier alpha value is -0.730. The van der Waals surface area contributed by atoms with Crippen LogP contribution in [0, 0.1) is 0 Å². The predicted molar refractivity (Wildman–Crippen MR) is 79.8 cm³/mol. The number of halogens is 1. The van der Waals surface area contributed by atoms with Gasteiger partial charge in [-0.1, -0.05) is 11.6 Å². The van der Waals surface area contributed by atoms with Crippen LogP contribution in [0.3, 0.4) is 0 Å². The van der Waals surface area contributed by atoms with Gasteiger partial charge in [0.25, 0.3) is 0 Å². The average molecular weight is 267 g/mol. The Labute approximate surface area is 115 Å². The molecule has 0 spiro atoms. The molecule has 1 aliphatic rings. The van der Waals surface area contributed by atoms with E-state index in [4.69, 9.17) is 11.6 Å². The molecule has 1 aliphatic heterocycles. The molecule has 0 aromatic heterocycles. The van der Waals surface area contributed by atoms with E-state index in [0.717, 1.165) is 18.0 Å². The maximum Gasteiger partial charge on any atom is 0.0410 e. The van der Waals surface area contributed by atoms with Gasteiger partial charge in [-0.25, -0.2) is 0 Å². The molecule has 2 nitrogen and oxygen atoms in total. The monoisotopic (exact) mass is 266 g/mol. The third-order valence-electron chi connectivity index (χ3n) is 3.91. The maximum absolute atomic E-state index is 6.15. The lowest BCUT2D eigenvalue weighted by molar-refractivity contribution is 0.499. The molecule has 0 saturated carbocycles. The van der Waals surface area contributed by atoms with Gasteiger partial charge in [0.1, 0.15) is 0 Å². The first kappa shape index (κ1) is 13.7. The van der Waals surface area contributed by atoms with E-state index in [9.17, 15) is 0 Å². The molecule has 0 fully saturated rings. The molecule has 1 N–H and O–H groups in total. The number of fused-ring (bicyclic) bond motifs is 1. The second-order valence-electron chi connectivity index (χ2n) is 5.57. The molecule has 2 atom stereocenters. The largest absolute Gasteiger partial charge is 0.368 e. The van der Waals surface area contributed by atoms with Gasteiger partial charge in [-0.15, -0.1) is 0 Å². The molecular weight excluding hydrogens is 244 g/mol. The SMILES string of the molecule is CNC(C)CC1CN(C(C)C)c2ccc(Cl)cc21. The summed E-state index contributed by atoms with van der Waals surface area (Å²) in [5.41, 5.74) is 2.78. The lowest BCUT2D eigenvalue weighted by atomic mass is 9.94. The van der Waals surface area contributed by atoms with Crippen molar-refractivity contribution in [3.05, 3.63) is 28.8 Å². The number of nitrogens with zero attached hydrogens (tertiary/aromatic N) is 1. The van der Waals surface area contributed by atoms with E-state index in [-0.39, 0.29) is 0 Å². The van der Waals surface area contributed by atoms with Crippen LogP contribution in [0.5, 0.6) is 0 Å². The third kappa shape index (κ3) is 2.65. The normalized spacial score (nSPS) is 20.3. The molecule has 2 unspecified atom stereocenters. The average Bonchev–Trinajstić information content (AvgIpc) is 2.67. The first-order valence-electron chi connectivity index (χ1n) is 6.76. The molecule has 18 heavy (non-hydrogen) atoms. The fourth-order valence-electron chi connectivity index (χ4n) is 2.78. The van der Waals surface area contributed by atoms with Crippen LogP contribution in [0.4, 0.5) is 5.69 Å². The standard InChI is InChI=1S/C15H23ClN2/c1-10(2)18-9-12(7-11(3)17-4)14-8-13(16)5-6-15(14)18/h5-6,8,10-12,17H,7,9H2,1-4H3. The van der Waals surface area contributed by atoms with E-state index in [1.54, 1.807) is 0 Å². The van der Waals surface area contributed by atoms with Crippen molar-refractivity contribution in [2.24, 2.45) is 0 Å². The lowest BCUT2D eigenvalue weighted by Gasteiger charge is -2.25. The fourth-order valence-corrected chi connectivity index (χ4v) is 2.96. The van der Waals surface area contributed by atoms with Gasteiger partial charge in [-0.3, -0.25) is 0 Å².